The number of carbonyl (C=O) groups is 1. The molecular formula is C14H28N2O. The van der Waals surface area contributed by atoms with Gasteiger partial charge in [-0.3, -0.25) is 4.79 Å². The molecule has 0 radical (unpaired) electrons. The highest BCUT2D eigenvalue weighted by atomic mass is 16.1. The second kappa shape index (κ2) is 5.85. The summed E-state index contributed by atoms with van der Waals surface area (Å²) in [6.07, 6.45) is 5.20. The molecule has 1 saturated carbocycles. The molecule has 1 aliphatic rings. The van der Waals surface area contributed by atoms with Crippen LogP contribution in [0, 0.1) is 17.3 Å². The minimum absolute atomic E-state index is 0.220. The van der Waals surface area contributed by atoms with Gasteiger partial charge in [-0.2, -0.15) is 0 Å². The number of nitrogens with one attached hydrogen (secondary N) is 1. The van der Waals surface area contributed by atoms with Gasteiger partial charge in [-0.1, -0.05) is 26.7 Å². The van der Waals surface area contributed by atoms with Crippen LogP contribution in [-0.2, 0) is 4.79 Å². The third-order valence-electron chi connectivity index (χ3n) is 4.15. The minimum atomic E-state index is -0.445. The Hall–Kier alpha value is -0.570. The summed E-state index contributed by atoms with van der Waals surface area (Å²) in [5.41, 5.74) is 4.96. The van der Waals surface area contributed by atoms with Crippen LogP contribution in [0.4, 0.5) is 0 Å². The molecule has 3 nitrogen and oxygen atoms in total. The van der Waals surface area contributed by atoms with E-state index in [0.29, 0.717) is 18.5 Å². The molecule has 17 heavy (non-hydrogen) atoms. The van der Waals surface area contributed by atoms with Crippen molar-refractivity contribution in [1.82, 2.24) is 5.32 Å². The molecule has 0 aromatic carbocycles. The predicted molar refractivity (Wildman–Crippen MR) is 71.6 cm³/mol. The first-order chi connectivity index (χ1) is 7.84. The molecule has 1 rings (SSSR count). The van der Waals surface area contributed by atoms with E-state index in [1.807, 2.05) is 13.8 Å². The summed E-state index contributed by atoms with van der Waals surface area (Å²) in [7, 11) is 0. The van der Waals surface area contributed by atoms with E-state index in [1.165, 1.54) is 25.7 Å². The summed E-state index contributed by atoms with van der Waals surface area (Å²) in [6, 6.07) is 0.558. The summed E-state index contributed by atoms with van der Waals surface area (Å²) < 4.78 is 0. The van der Waals surface area contributed by atoms with E-state index < -0.39 is 5.41 Å². The third-order valence-corrected chi connectivity index (χ3v) is 4.15. The van der Waals surface area contributed by atoms with Crippen LogP contribution in [0.25, 0.3) is 0 Å². The van der Waals surface area contributed by atoms with Crippen LogP contribution in [0.1, 0.15) is 53.4 Å². The fraction of sp³-hybridized carbons (Fsp3) is 0.929. The molecule has 0 spiro atoms. The van der Waals surface area contributed by atoms with Gasteiger partial charge >= 0.3 is 0 Å². The lowest BCUT2D eigenvalue weighted by Crippen LogP contribution is -2.48. The highest BCUT2D eigenvalue weighted by Crippen LogP contribution is 2.30. The largest absolute Gasteiger partial charge is 0.369 e. The summed E-state index contributed by atoms with van der Waals surface area (Å²) in [5.74, 6) is 1.24. The quantitative estimate of drug-likeness (QED) is 0.774. The van der Waals surface area contributed by atoms with E-state index >= 15 is 0 Å². The van der Waals surface area contributed by atoms with Crippen molar-refractivity contribution in [2.75, 3.05) is 6.54 Å². The van der Waals surface area contributed by atoms with Gasteiger partial charge in [0.1, 0.15) is 0 Å². The molecule has 2 unspecified atom stereocenters. The Bertz CT molecular complexity index is 261. The lowest BCUT2D eigenvalue weighted by Gasteiger charge is -2.36. The zero-order valence-electron chi connectivity index (χ0n) is 11.8. The van der Waals surface area contributed by atoms with E-state index in [2.05, 4.69) is 19.2 Å². The third kappa shape index (κ3) is 3.98. The summed E-state index contributed by atoms with van der Waals surface area (Å²) in [4.78, 5) is 11.3. The van der Waals surface area contributed by atoms with Crippen molar-refractivity contribution in [3.63, 3.8) is 0 Å². The van der Waals surface area contributed by atoms with E-state index in [1.54, 1.807) is 0 Å². The van der Waals surface area contributed by atoms with E-state index in [-0.39, 0.29) is 5.91 Å². The minimum Gasteiger partial charge on any atom is -0.369 e. The maximum atomic E-state index is 11.3. The number of amides is 1. The molecule has 1 aliphatic carbocycles. The number of rotatable bonds is 5. The van der Waals surface area contributed by atoms with Crippen LogP contribution in [0.15, 0.2) is 0 Å². The van der Waals surface area contributed by atoms with Crippen molar-refractivity contribution < 1.29 is 4.79 Å². The van der Waals surface area contributed by atoms with Gasteiger partial charge in [0, 0.05) is 12.6 Å². The number of hydrogen-bond acceptors (Lipinski definition) is 2. The van der Waals surface area contributed by atoms with Gasteiger partial charge < -0.3 is 11.1 Å². The summed E-state index contributed by atoms with van der Waals surface area (Å²) >= 11 is 0. The van der Waals surface area contributed by atoms with Crippen LogP contribution in [0.5, 0.6) is 0 Å². The Morgan fingerprint density at radius 2 is 1.94 bits per heavy atom. The van der Waals surface area contributed by atoms with Crippen molar-refractivity contribution in [3.8, 4) is 0 Å². The van der Waals surface area contributed by atoms with Gasteiger partial charge in [-0.15, -0.1) is 0 Å². The van der Waals surface area contributed by atoms with Crippen LogP contribution in [0.2, 0.25) is 0 Å². The molecule has 2 atom stereocenters. The zero-order valence-corrected chi connectivity index (χ0v) is 11.8. The Morgan fingerprint density at radius 1 is 1.35 bits per heavy atom. The van der Waals surface area contributed by atoms with Crippen molar-refractivity contribution >= 4 is 5.91 Å². The van der Waals surface area contributed by atoms with Crippen molar-refractivity contribution in [2.45, 2.75) is 59.4 Å². The number of carbonyl (C=O) groups excluding carboxylic acids is 1. The smallest absolute Gasteiger partial charge is 0.224 e. The Balaban J connectivity index is 2.51. The molecule has 100 valence electrons. The monoisotopic (exact) mass is 240 g/mol. The number of hydrogen-bond donors (Lipinski definition) is 2. The first kappa shape index (κ1) is 14.5. The lowest BCUT2D eigenvalue weighted by molar-refractivity contribution is -0.125. The lowest BCUT2D eigenvalue weighted by atomic mass is 9.77. The Labute approximate surface area is 106 Å². The fourth-order valence-electron chi connectivity index (χ4n) is 2.68. The Morgan fingerprint density at radius 3 is 2.47 bits per heavy atom. The van der Waals surface area contributed by atoms with Crippen molar-refractivity contribution in [2.24, 2.45) is 23.0 Å². The molecular weight excluding hydrogens is 212 g/mol. The highest BCUT2D eigenvalue weighted by Gasteiger charge is 2.30. The van der Waals surface area contributed by atoms with Gasteiger partial charge in [0.2, 0.25) is 5.91 Å². The topological polar surface area (TPSA) is 55.1 Å². The van der Waals surface area contributed by atoms with Crippen LogP contribution in [-0.4, -0.2) is 18.5 Å². The fourth-order valence-corrected chi connectivity index (χ4v) is 2.68. The number of primary amides is 1. The second-order valence-corrected chi connectivity index (χ2v) is 6.43. The first-order valence-electron chi connectivity index (χ1n) is 6.88. The van der Waals surface area contributed by atoms with Crippen LogP contribution < -0.4 is 11.1 Å². The molecule has 0 heterocycles. The van der Waals surface area contributed by atoms with Gasteiger partial charge in [0.15, 0.2) is 0 Å². The van der Waals surface area contributed by atoms with E-state index in [9.17, 15) is 4.79 Å². The maximum Gasteiger partial charge on any atom is 0.224 e. The SMILES string of the molecule is CC(C)C1CCCCC1NCC(C)(C)C(N)=O. The Kier molecular flexibility index (Phi) is 4.99. The molecule has 0 aromatic rings. The van der Waals surface area contributed by atoms with Gasteiger partial charge in [0.25, 0.3) is 0 Å². The van der Waals surface area contributed by atoms with Crippen LogP contribution >= 0.6 is 0 Å². The van der Waals surface area contributed by atoms with Gasteiger partial charge in [-0.25, -0.2) is 0 Å². The molecule has 0 aliphatic heterocycles. The predicted octanol–water partition coefficient (Wildman–Crippen LogP) is 2.30. The van der Waals surface area contributed by atoms with Gasteiger partial charge in [-0.05, 0) is 38.5 Å². The molecule has 3 heteroatoms. The molecule has 1 fully saturated rings. The molecule has 0 aromatic heterocycles. The molecule has 1 amide bonds. The summed E-state index contributed by atoms with van der Waals surface area (Å²) in [6.45, 7) is 9.11. The van der Waals surface area contributed by atoms with E-state index in [0.717, 1.165) is 5.92 Å². The van der Waals surface area contributed by atoms with Gasteiger partial charge in [0.05, 0.1) is 5.41 Å². The standard InChI is InChI=1S/C14H28N2O/c1-10(2)11-7-5-6-8-12(11)16-9-14(3,4)13(15)17/h10-12,16H,5-9H2,1-4H3,(H2,15,17). The average molecular weight is 240 g/mol. The zero-order chi connectivity index (χ0) is 13.1. The average Bonchev–Trinajstić information content (AvgIpc) is 2.26. The molecule has 0 saturated heterocycles. The second-order valence-electron chi connectivity index (χ2n) is 6.43. The summed E-state index contributed by atoms with van der Waals surface area (Å²) in [5, 5.41) is 3.57. The molecule has 0 bridgehead atoms. The molecule has 3 N–H and O–H groups in total. The number of nitrogens with two attached hydrogens (primary N) is 1. The van der Waals surface area contributed by atoms with Crippen molar-refractivity contribution in [1.29, 1.82) is 0 Å². The highest BCUT2D eigenvalue weighted by molar-refractivity contribution is 5.80. The van der Waals surface area contributed by atoms with Crippen molar-refractivity contribution in [3.05, 3.63) is 0 Å². The normalized spacial score (nSPS) is 26.2. The maximum absolute atomic E-state index is 11.3. The van der Waals surface area contributed by atoms with E-state index in [4.69, 9.17) is 5.73 Å². The first-order valence-corrected chi connectivity index (χ1v) is 6.88. The van der Waals surface area contributed by atoms with Crippen LogP contribution in [0.3, 0.4) is 0 Å².